The van der Waals surface area contributed by atoms with Crippen molar-refractivity contribution in [2.75, 3.05) is 0 Å². The van der Waals surface area contributed by atoms with Crippen LogP contribution in [0.3, 0.4) is 0 Å². The zero-order valence-corrected chi connectivity index (χ0v) is 15.9. The lowest BCUT2D eigenvalue weighted by Crippen LogP contribution is -2.12. The van der Waals surface area contributed by atoms with Crippen molar-refractivity contribution in [1.29, 1.82) is 0 Å². The largest absolute Gasteiger partial charge is 0.303 e. The number of carbonyl (C=O) groups is 1. The molecular weight excluding hydrogens is 292 g/mol. The topological polar surface area (TPSA) is 17.1 Å². The quantitative estimate of drug-likeness (QED) is 0.631. The molecule has 0 N–H and O–H groups in total. The Morgan fingerprint density at radius 2 is 1.04 bits per heavy atom. The Hall–Kier alpha value is -1.89. The van der Waals surface area contributed by atoms with Crippen LogP contribution < -0.4 is 0 Å². The van der Waals surface area contributed by atoms with Gasteiger partial charge in [0, 0.05) is 12.3 Å². The minimum absolute atomic E-state index is 0.130. The van der Waals surface area contributed by atoms with E-state index in [9.17, 15) is 4.79 Å². The van der Waals surface area contributed by atoms with Gasteiger partial charge in [0.15, 0.2) is 0 Å². The zero-order valence-electron chi connectivity index (χ0n) is 15.9. The van der Waals surface area contributed by atoms with Crippen LogP contribution in [0.15, 0.2) is 48.5 Å². The molecule has 0 fully saturated rings. The molecule has 1 nitrogen and oxygen atoms in total. The first-order valence-corrected chi connectivity index (χ1v) is 8.77. The lowest BCUT2D eigenvalue weighted by Gasteiger charge is -2.22. The first-order chi connectivity index (χ1) is 11.1. The summed E-state index contributed by atoms with van der Waals surface area (Å²) in [6.45, 7) is 13.3. The minimum atomic E-state index is 0.130. The van der Waals surface area contributed by atoms with Gasteiger partial charge in [0.05, 0.1) is 0 Å². The van der Waals surface area contributed by atoms with E-state index in [1.165, 1.54) is 22.3 Å². The molecule has 0 aliphatic carbocycles. The normalized spacial score (nSPS) is 12.5. The molecule has 0 aliphatic rings. The fourth-order valence-electron chi connectivity index (χ4n) is 2.99. The summed E-state index contributed by atoms with van der Waals surface area (Å²) >= 11 is 0. The third kappa shape index (κ3) is 4.35. The van der Waals surface area contributed by atoms with Gasteiger partial charge in [0.2, 0.25) is 0 Å². The molecular formula is C23H30O. The van der Waals surface area contributed by atoms with Crippen LogP contribution in [0, 0.1) is 0 Å². The van der Waals surface area contributed by atoms with E-state index in [0.717, 1.165) is 6.29 Å². The van der Waals surface area contributed by atoms with Crippen molar-refractivity contribution in [2.24, 2.45) is 0 Å². The number of carbonyl (C=O) groups excluding carboxylic acids is 1. The fourth-order valence-corrected chi connectivity index (χ4v) is 2.99. The van der Waals surface area contributed by atoms with Crippen LogP contribution in [0.5, 0.6) is 0 Å². The van der Waals surface area contributed by atoms with Gasteiger partial charge in [-0.15, -0.1) is 0 Å². The Labute approximate surface area is 147 Å². The average Bonchev–Trinajstić information content (AvgIpc) is 2.51. The van der Waals surface area contributed by atoms with E-state index in [-0.39, 0.29) is 16.7 Å². The van der Waals surface area contributed by atoms with Crippen LogP contribution in [0.1, 0.15) is 76.1 Å². The molecule has 128 valence electrons. The fraction of sp³-hybridized carbons (Fsp3) is 0.435. The van der Waals surface area contributed by atoms with Gasteiger partial charge in [-0.2, -0.15) is 0 Å². The van der Waals surface area contributed by atoms with Gasteiger partial charge < -0.3 is 4.79 Å². The van der Waals surface area contributed by atoms with Crippen LogP contribution in [-0.2, 0) is 15.6 Å². The molecule has 0 saturated carbocycles. The van der Waals surface area contributed by atoms with Crippen LogP contribution in [0.4, 0.5) is 0 Å². The highest BCUT2D eigenvalue weighted by Gasteiger charge is 2.18. The summed E-state index contributed by atoms with van der Waals surface area (Å²) in [4.78, 5) is 11.2. The van der Waals surface area contributed by atoms with Crippen molar-refractivity contribution >= 4 is 6.29 Å². The van der Waals surface area contributed by atoms with E-state index in [1.807, 2.05) is 0 Å². The molecule has 0 aromatic heterocycles. The van der Waals surface area contributed by atoms with Crippen molar-refractivity contribution < 1.29 is 4.79 Å². The number of rotatable bonds is 4. The molecule has 0 aliphatic heterocycles. The van der Waals surface area contributed by atoms with E-state index in [2.05, 4.69) is 90.1 Å². The van der Waals surface area contributed by atoms with Gasteiger partial charge in [0.1, 0.15) is 6.29 Å². The third-order valence-electron chi connectivity index (χ3n) is 4.69. The summed E-state index contributed by atoms with van der Waals surface area (Å²) in [5.41, 5.74) is 5.34. The standard InChI is InChI=1S/C23H30O/c1-22(2,3)19-11-7-17(8-12-19)21(15-16-24)18-9-13-20(14-10-18)23(4,5)6/h7-14,16,21H,15H2,1-6H3. The van der Waals surface area contributed by atoms with Gasteiger partial charge in [-0.25, -0.2) is 0 Å². The van der Waals surface area contributed by atoms with Gasteiger partial charge in [-0.05, 0) is 33.1 Å². The monoisotopic (exact) mass is 322 g/mol. The lowest BCUT2D eigenvalue weighted by molar-refractivity contribution is -0.108. The maximum atomic E-state index is 11.2. The first kappa shape index (κ1) is 18.4. The molecule has 0 saturated heterocycles. The number of hydrogen-bond donors (Lipinski definition) is 0. The number of benzene rings is 2. The highest BCUT2D eigenvalue weighted by Crippen LogP contribution is 2.31. The van der Waals surface area contributed by atoms with Crippen LogP contribution in [-0.4, -0.2) is 6.29 Å². The highest BCUT2D eigenvalue weighted by molar-refractivity contribution is 5.54. The highest BCUT2D eigenvalue weighted by atomic mass is 16.1. The summed E-state index contributed by atoms with van der Waals surface area (Å²) < 4.78 is 0. The Balaban J connectivity index is 2.34. The number of aldehydes is 1. The van der Waals surface area contributed by atoms with Crippen LogP contribution in [0.25, 0.3) is 0 Å². The molecule has 2 aromatic rings. The molecule has 0 heterocycles. The Kier molecular flexibility index (Phi) is 5.32. The minimum Gasteiger partial charge on any atom is -0.303 e. The average molecular weight is 322 g/mol. The van der Waals surface area contributed by atoms with Crippen molar-refractivity contribution in [3.05, 3.63) is 70.8 Å². The molecule has 0 bridgehead atoms. The van der Waals surface area contributed by atoms with Crippen LogP contribution >= 0.6 is 0 Å². The molecule has 24 heavy (non-hydrogen) atoms. The maximum Gasteiger partial charge on any atom is 0.120 e. The molecule has 2 rings (SSSR count). The van der Waals surface area contributed by atoms with E-state index >= 15 is 0 Å². The Bertz CT molecular complexity index is 606. The maximum absolute atomic E-state index is 11.2. The van der Waals surface area contributed by atoms with Gasteiger partial charge in [-0.1, -0.05) is 90.1 Å². The van der Waals surface area contributed by atoms with Crippen molar-refractivity contribution in [2.45, 2.75) is 64.7 Å². The molecule has 0 radical (unpaired) electrons. The van der Waals surface area contributed by atoms with Crippen LogP contribution in [0.2, 0.25) is 0 Å². The number of hydrogen-bond acceptors (Lipinski definition) is 1. The van der Waals surface area contributed by atoms with E-state index in [4.69, 9.17) is 0 Å². The van der Waals surface area contributed by atoms with E-state index < -0.39 is 0 Å². The van der Waals surface area contributed by atoms with Crippen molar-refractivity contribution in [3.63, 3.8) is 0 Å². The van der Waals surface area contributed by atoms with Crippen molar-refractivity contribution in [1.82, 2.24) is 0 Å². The molecule has 0 atom stereocenters. The SMILES string of the molecule is CC(C)(C)c1ccc(C(CC=O)c2ccc(C(C)(C)C)cc2)cc1. The summed E-state index contributed by atoms with van der Waals surface area (Å²) in [5, 5.41) is 0. The van der Waals surface area contributed by atoms with Gasteiger partial charge in [0.25, 0.3) is 0 Å². The van der Waals surface area contributed by atoms with E-state index in [1.54, 1.807) is 0 Å². The summed E-state index contributed by atoms with van der Waals surface area (Å²) in [6, 6.07) is 17.5. The van der Waals surface area contributed by atoms with Gasteiger partial charge in [-0.3, -0.25) is 0 Å². The summed E-state index contributed by atoms with van der Waals surface area (Å²) in [6.07, 6.45) is 1.55. The second-order valence-corrected chi connectivity index (χ2v) is 8.70. The molecule has 0 unspecified atom stereocenters. The summed E-state index contributed by atoms with van der Waals surface area (Å²) in [7, 11) is 0. The smallest absolute Gasteiger partial charge is 0.120 e. The van der Waals surface area contributed by atoms with Gasteiger partial charge >= 0.3 is 0 Å². The lowest BCUT2D eigenvalue weighted by atomic mass is 9.82. The predicted molar refractivity (Wildman–Crippen MR) is 103 cm³/mol. The summed E-state index contributed by atoms with van der Waals surface area (Å²) in [5.74, 6) is 0.130. The third-order valence-corrected chi connectivity index (χ3v) is 4.69. The second kappa shape index (κ2) is 6.93. The zero-order chi connectivity index (χ0) is 18.0. The Morgan fingerprint density at radius 3 is 1.29 bits per heavy atom. The second-order valence-electron chi connectivity index (χ2n) is 8.70. The molecule has 1 heteroatoms. The molecule has 0 spiro atoms. The predicted octanol–water partition coefficient (Wildman–Crippen LogP) is 6.00. The first-order valence-electron chi connectivity index (χ1n) is 8.77. The van der Waals surface area contributed by atoms with E-state index in [0.29, 0.717) is 6.42 Å². The molecule has 2 aromatic carbocycles. The van der Waals surface area contributed by atoms with Crippen molar-refractivity contribution in [3.8, 4) is 0 Å². The molecule has 0 amide bonds. The Morgan fingerprint density at radius 1 is 0.708 bits per heavy atom.